The molecule has 0 spiro atoms. The lowest BCUT2D eigenvalue weighted by Crippen LogP contribution is -2.35. The molecule has 1 N–H and O–H groups in total. The Hall–Kier alpha value is -1.57. The summed E-state index contributed by atoms with van der Waals surface area (Å²) in [4.78, 5) is 17.5. The van der Waals surface area contributed by atoms with Crippen molar-refractivity contribution >= 4 is 34.2 Å². The molecule has 1 fully saturated rings. The molecule has 3 heterocycles. The number of thioether (sulfide) groups is 1. The van der Waals surface area contributed by atoms with E-state index >= 15 is 0 Å². The first-order chi connectivity index (χ1) is 12.8. The van der Waals surface area contributed by atoms with Gasteiger partial charge in [0.1, 0.15) is 5.82 Å². The van der Waals surface area contributed by atoms with E-state index in [-0.39, 0.29) is 22.2 Å². The van der Waals surface area contributed by atoms with Gasteiger partial charge < -0.3 is 4.74 Å². The molecule has 2 aliphatic rings. The molecule has 8 heteroatoms. The molecule has 5 nitrogen and oxygen atoms in total. The van der Waals surface area contributed by atoms with Crippen molar-refractivity contribution in [2.75, 3.05) is 6.61 Å². The molecule has 2 atom stereocenters. The summed E-state index contributed by atoms with van der Waals surface area (Å²) in [6.45, 7) is 6.58. The number of rotatable bonds is 2. The van der Waals surface area contributed by atoms with Crippen LogP contribution >= 0.6 is 23.4 Å². The molecule has 1 aromatic heterocycles. The summed E-state index contributed by atoms with van der Waals surface area (Å²) < 4.78 is 22.3. The molecule has 0 radical (unpaired) electrons. The first kappa shape index (κ1) is 18.8. The molecule has 1 saturated heterocycles. The van der Waals surface area contributed by atoms with E-state index in [2.05, 4.69) is 10.1 Å². The van der Waals surface area contributed by atoms with Crippen LogP contribution in [0.1, 0.15) is 56.0 Å². The van der Waals surface area contributed by atoms with Crippen LogP contribution in [-0.2, 0) is 4.74 Å². The van der Waals surface area contributed by atoms with Gasteiger partial charge in [-0.15, -0.1) is 0 Å². The van der Waals surface area contributed by atoms with Gasteiger partial charge in [0.2, 0.25) is 0 Å². The maximum atomic E-state index is 14.7. The third-order valence-electron chi connectivity index (χ3n) is 5.05. The molecule has 0 unspecified atom stereocenters. The van der Waals surface area contributed by atoms with Gasteiger partial charge in [-0.05, 0) is 39.7 Å². The number of benzene rings is 1. The van der Waals surface area contributed by atoms with E-state index in [0.717, 1.165) is 17.9 Å². The fourth-order valence-electron chi connectivity index (χ4n) is 3.84. The van der Waals surface area contributed by atoms with Gasteiger partial charge in [-0.1, -0.05) is 35.5 Å². The Morgan fingerprint density at radius 1 is 1.44 bits per heavy atom. The van der Waals surface area contributed by atoms with E-state index in [1.807, 2.05) is 25.5 Å². The summed E-state index contributed by atoms with van der Waals surface area (Å²) in [6.07, 6.45) is 1.56. The molecule has 2 aromatic rings. The van der Waals surface area contributed by atoms with Crippen molar-refractivity contribution in [2.45, 2.75) is 50.5 Å². The quantitative estimate of drug-likeness (QED) is 0.760. The van der Waals surface area contributed by atoms with Gasteiger partial charge >= 0.3 is 0 Å². The number of nitrogens with one attached hydrogen (secondary N) is 1. The summed E-state index contributed by atoms with van der Waals surface area (Å²) in [5.41, 5.74) is 0.384. The van der Waals surface area contributed by atoms with Crippen LogP contribution in [0.25, 0.3) is 0 Å². The summed E-state index contributed by atoms with van der Waals surface area (Å²) in [6, 6.07) is 4.97. The highest BCUT2D eigenvalue weighted by molar-refractivity contribution is 8.14. The monoisotopic (exact) mass is 409 g/mol. The van der Waals surface area contributed by atoms with Crippen molar-refractivity contribution < 1.29 is 9.13 Å². The number of aromatic nitrogens is 2. The summed E-state index contributed by atoms with van der Waals surface area (Å²) >= 11 is 7.35. The Balaban J connectivity index is 1.83. The van der Waals surface area contributed by atoms with Gasteiger partial charge in [0.15, 0.2) is 5.82 Å². The highest BCUT2D eigenvalue weighted by Gasteiger charge is 2.36. The second kappa shape index (κ2) is 6.79. The van der Waals surface area contributed by atoms with Crippen LogP contribution in [0.3, 0.4) is 0 Å². The molecule has 0 aliphatic carbocycles. The number of fused-ring (bicyclic) bond motifs is 1. The average molecular weight is 410 g/mol. The predicted octanol–water partition coefficient (Wildman–Crippen LogP) is 4.99. The first-order valence-corrected chi connectivity index (χ1v) is 10.2. The van der Waals surface area contributed by atoms with E-state index in [0.29, 0.717) is 23.6 Å². The molecule has 2 aliphatic heterocycles. The maximum Gasteiger partial charge on any atom is 0.271 e. The summed E-state index contributed by atoms with van der Waals surface area (Å²) in [5.74, 6) is 0.0972. The number of halogens is 2. The predicted molar refractivity (Wildman–Crippen MR) is 107 cm³/mol. The first-order valence-electron chi connectivity index (χ1n) is 8.91. The molecular weight excluding hydrogens is 389 g/mol. The number of H-pyrrole nitrogens is 1. The second-order valence-corrected chi connectivity index (χ2v) is 9.28. The highest BCUT2D eigenvalue weighted by Crippen LogP contribution is 2.46. The van der Waals surface area contributed by atoms with Crippen LogP contribution in [0.5, 0.6) is 0 Å². The summed E-state index contributed by atoms with van der Waals surface area (Å²) in [7, 11) is 0. The Morgan fingerprint density at radius 2 is 2.22 bits per heavy atom. The van der Waals surface area contributed by atoms with Crippen molar-refractivity contribution in [3.63, 3.8) is 0 Å². The van der Waals surface area contributed by atoms with Crippen LogP contribution in [0.15, 0.2) is 28.0 Å². The second-order valence-electron chi connectivity index (χ2n) is 7.57. The van der Waals surface area contributed by atoms with Gasteiger partial charge in [0.25, 0.3) is 5.56 Å². The van der Waals surface area contributed by atoms with Gasteiger partial charge in [-0.25, -0.2) is 9.38 Å². The zero-order valence-corrected chi connectivity index (χ0v) is 17.0. The van der Waals surface area contributed by atoms with Crippen LogP contribution in [-0.4, -0.2) is 27.0 Å². The van der Waals surface area contributed by atoms with E-state index in [9.17, 15) is 9.18 Å². The minimum absolute atomic E-state index is 0.0526. The van der Waals surface area contributed by atoms with E-state index in [1.54, 1.807) is 12.1 Å². The molecule has 1 aromatic carbocycles. The van der Waals surface area contributed by atoms with Crippen LogP contribution in [0.2, 0.25) is 5.02 Å². The number of hydrogen-bond donors (Lipinski definition) is 1. The third-order valence-corrected chi connectivity index (χ3v) is 6.50. The molecule has 0 bridgehead atoms. The zero-order chi connectivity index (χ0) is 19.3. The molecule has 4 rings (SSSR count). The Kier molecular flexibility index (Phi) is 4.72. The lowest BCUT2D eigenvalue weighted by atomic mass is 9.94. The van der Waals surface area contributed by atoms with Gasteiger partial charge in [0, 0.05) is 12.2 Å². The largest absolute Gasteiger partial charge is 0.375 e. The fourth-order valence-corrected chi connectivity index (χ4v) is 5.14. The number of aliphatic imine (C=N–C) groups is 1. The zero-order valence-electron chi connectivity index (χ0n) is 15.4. The Labute approximate surface area is 165 Å². The van der Waals surface area contributed by atoms with Gasteiger partial charge in [0.05, 0.1) is 32.5 Å². The minimum atomic E-state index is -0.489. The number of hydrogen-bond acceptors (Lipinski definition) is 4. The van der Waals surface area contributed by atoms with Crippen LogP contribution in [0.4, 0.5) is 10.2 Å². The number of nitrogens with zero attached hydrogens (tertiary/aromatic N) is 2. The Bertz CT molecular complexity index is 982. The lowest BCUT2D eigenvalue weighted by Gasteiger charge is -2.36. The van der Waals surface area contributed by atoms with E-state index in [1.165, 1.54) is 17.8 Å². The van der Waals surface area contributed by atoms with Crippen molar-refractivity contribution in [3.8, 4) is 0 Å². The van der Waals surface area contributed by atoms with E-state index < -0.39 is 11.1 Å². The highest BCUT2D eigenvalue weighted by atomic mass is 35.5. The standard InChI is InChI=1S/C19H21ClFN3O2S/c1-10-22-17-14(16(27-10)12-5-4-6-13(20)15(12)21)18(25)23-24(17)11-7-8-26-19(2,3)9-11/h4-6,11,16H,7-9H2,1-3H3,(H,23,25)/t11-,16+/m0/s1. The smallest absolute Gasteiger partial charge is 0.271 e. The van der Waals surface area contributed by atoms with Crippen LogP contribution in [0, 0.1) is 5.82 Å². The molecule has 0 amide bonds. The topological polar surface area (TPSA) is 59.4 Å². The Morgan fingerprint density at radius 3 is 2.96 bits per heavy atom. The van der Waals surface area contributed by atoms with Gasteiger partial charge in [-0.3, -0.25) is 14.6 Å². The van der Waals surface area contributed by atoms with Crippen molar-refractivity contribution in [2.24, 2.45) is 4.99 Å². The summed E-state index contributed by atoms with van der Waals surface area (Å²) in [5, 5.41) is 3.30. The van der Waals surface area contributed by atoms with Crippen LogP contribution < -0.4 is 5.56 Å². The van der Waals surface area contributed by atoms with Gasteiger partial charge in [-0.2, -0.15) is 0 Å². The minimum Gasteiger partial charge on any atom is -0.375 e. The van der Waals surface area contributed by atoms with Crippen molar-refractivity contribution in [1.29, 1.82) is 0 Å². The number of aromatic amines is 1. The lowest BCUT2D eigenvalue weighted by molar-refractivity contribution is -0.0705. The fraction of sp³-hybridized carbons (Fsp3) is 0.474. The maximum absolute atomic E-state index is 14.7. The normalized spacial score (nSPS) is 24.4. The number of ether oxygens (including phenoxy) is 1. The molecular formula is C19H21ClFN3O2S. The molecule has 144 valence electrons. The average Bonchev–Trinajstić information content (AvgIpc) is 2.92. The van der Waals surface area contributed by atoms with Crippen molar-refractivity contribution in [1.82, 2.24) is 9.78 Å². The van der Waals surface area contributed by atoms with E-state index in [4.69, 9.17) is 16.3 Å². The third kappa shape index (κ3) is 3.37. The molecule has 0 saturated carbocycles. The SMILES string of the molecule is CC1=Nc2c(c(=O)[nH]n2[C@H]2CCOC(C)(C)C2)[C@@H](c2cccc(Cl)c2F)S1. The van der Waals surface area contributed by atoms with Crippen molar-refractivity contribution in [3.05, 3.63) is 50.5 Å². The molecule has 27 heavy (non-hydrogen) atoms.